The fourth-order valence-corrected chi connectivity index (χ4v) is 2.47. The monoisotopic (exact) mass is 217 g/mol. The lowest BCUT2D eigenvalue weighted by Crippen LogP contribution is -2.45. The molecule has 0 aromatic rings. The summed E-state index contributed by atoms with van der Waals surface area (Å²) in [6.45, 7) is 3.97. The third kappa shape index (κ3) is 2.63. The predicted octanol–water partition coefficient (Wildman–Crippen LogP) is 2.65. The van der Waals surface area contributed by atoms with Crippen LogP contribution in [0.1, 0.15) is 39.5 Å². The summed E-state index contributed by atoms with van der Waals surface area (Å²) in [4.78, 5) is 13.5. The number of carbonyl (C=O) groups excluding carboxylic acids is 1. The van der Waals surface area contributed by atoms with Gasteiger partial charge in [0.15, 0.2) is 0 Å². The van der Waals surface area contributed by atoms with Crippen molar-refractivity contribution in [1.29, 1.82) is 0 Å². The maximum absolute atomic E-state index is 11.7. The van der Waals surface area contributed by atoms with E-state index in [1.54, 1.807) is 6.92 Å². The van der Waals surface area contributed by atoms with Crippen molar-refractivity contribution in [3.05, 3.63) is 0 Å². The van der Waals surface area contributed by atoms with Crippen LogP contribution in [-0.4, -0.2) is 29.3 Å². The zero-order chi connectivity index (χ0) is 10.7. The van der Waals surface area contributed by atoms with E-state index in [1.807, 2.05) is 11.9 Å². The van der Waals surface area contributed by atoms with Crippen molar-refractivity contribution >= 4 is 17.5 Å². The highest BCUT2D eigenvalue weighted by Crippen LogP contribution is 2.27. The van der Waals surface area contributed by atoms with E-state index in [9.17, 15) is 4.79 Å². The van der Waals surface area contributed by atoms with Crippen LogP contribution in [0.5, 0.6) is 0 Å². The second-order valence-electron chi connectivity index (χ2n) is 4.39. The molecule has 3 heteroatoms. The zero-order valence-corrected chi connectivity index (χ0v) is 10.0. The Balaban J connectivity index is 2.57. The second kappa shape index (κ2) is 5.01. The summed E-state index contributed by atoms with van der Waals surface area (Å²) in [5.74, 6) is 0.679. The Labute approximate surface area is 91.6 Å². The van der Waals surface area contributed by atoms with E-state index in [4.69, 9.17) is 11.6 Å². The lowest BCUT2D eigenvalue weighted by atomic mass is 9.85. The largest absolute Gasteiger partial charge is 0.341 e. The maximum Gasteiger partial charge on any atom is 0.240 e. The average molecular weight is 218 g/mol. The molecule has 0 bridgehead atoms. The third-order valence-corrected chi connectivity index (χ3v) is 3.44. The standard InChI is InChI=1S/C11H20ClNO/c1-8-6-4-5-7-10(8)13(3)11(14)9(2)12/h8-10H,4-7H2,1-3H3. The third-order valence-electron chi connectivity index (χ3n) is 3.25. The van der Waals surface area contributed by atoms with E-state index in [0.29, 0.717) is 12.0 Å². The topological polar surface area (TPSA) is 20.3 Å². The Morgan fingerprint density at radius 2 is 2.00 bits per heavy atom. The number of carbonyl (C=O) groups is 1. The van der Waals surface area contributed by atoms with Crippen molar-refractivity contribution in [3.63, 3.8) is 0 Å². The summed E-state index contributed by atoms with van der Waals surface area (Å²) in [6, 6.07) is 0.400. The molecule has 1 amide bonds. The highest BCUT2D eigenvalue weighted by molar-refractivity contribution is 6.30. The van der Waals surface area contributed by atoms with Gasteiger partial charge in [-0.1, -0.05) is 19.8 Å². The molecule has 0 saturated heterocycles. The van der Waals surface area contributed by atoms with Crippen LogP contribution in [0.3, 0.4) is 0 Å². The van der Waals surface area contributed by atoms with Crippen molar-refractivity contribution in [3.8, 4) is 0 Å². The molecule has 3 atom stereocenters. The molecule has 0 aromatic heterocycles. The Hall–Kier alpha value is -0.240. The van der Waals surface area contributed by atoms with Crippen LogP contribution in [0.2, 0.25) is 0 Å². The van der Waals surface area contributed by atoms with Gasteiger partial charge in [-0.15, -0.1) is 11.6 Å². The minimum absolute atomic E-state index is 0.0606. The number of hydrogen-bond donors (Lipinski definition) is 0. The number of rotatable bonds is 2. The van der Waals surface area contributed by atoms with E-state index in [-0.39, 0.29) is 5.91 Å². The first-order chi connectivity index (χ1) is 6.54. The quantitative estimate of drug-likeness (QED) is 0.652. The van der Waals surface area contributed by atoms with Gasteiger partial charge in [0.2, 0.25) is 5.91 Å². The first-order valence-corrected chi connectivity index (χ1v) is 5.88. The second-order valence-corrected chi connectivity index (χ2v) is 5.05. The SMILES string of the molecule is CC(Cl)C(=O)N(C)C1CCCCC1C. The van der Waals surface area contributed by atoms with Gasteiger partial charge >= 0.3 is 0 Å². The van der Waals surface area contributed by atoms with E-state index in [2.05, 4.69) is 6.92 Å². The molecular weight excluding hydrogens is 198 g/mol. The molecule has 0 heterocycles. The molecule has 0 spiro atoms. The van der Waals surface area contributed by atoms with Gasteiger partial charge in [0.1, 0.15) is 5.38 Å². The highest BCUT2D eigenvalue weighted by Gasteiger charge is 2.29. The number of amides is 1. The van der Waals surface area contributed by atoms with Crippen LogP contribution in [0.25, 0.3) is 0 Å². The normalized spacial score (nSPS) is 29.7. The molecule has 1 aliphatic carbocycles. The molecule has 0 N–H and O–H groups in total. The molecule has 1 fully saturated rings. The van der Waals surface area contributed by atoms with Gasteiger partial charge < -0.3 is 4.90 Å². The van der Waals surface area contributed by atoms with Crippen LogP contribution in [0, 0.1) is 5.92 Å². The van der Waals surface area contributed by atoms with E-state index < -0.39 is 5.38 Å². The number of halogens is 1. The minimum atomic E-state index is -0.394. The Kier molecular flexibility index (Phi) is 4.24. The summed E-state index contributed by atoms with van der Waals surface area (Å²) in [5, 5.41) is -0.394. The first kappa shape index (κ1) is 11.8. The summed E-state index contributed by atoms with van der Waals surface area (Å²) >= 11 is 5.80. The van der Waals surface area contributed by atoms with Crippen LogP contribution in [0.15, 0.2) is 0 Å². The molecule has 1 saturated carbocycles. The van der Waals surface area contributed by atoms with E-state index in [1.165, 1.54) is 19.3 Å². The highest BCUT2D eigenvalue weighted by atomic mass is 35.5. The molecule has 2 nitrogen and oxygen atoms in total. The Morgan fingerprint density at radius 1 is 1.43 bits per heavy atom. The van der Waals surface area contributed by atoms with Crippen molar-refractivity contribution < 1.29 is 4.79 Å². The molecule has 0 aromatic carbocycles. The van der Waals surface area contributed by atoms with Gasteiger partial charge in [-0.05, 0) is 25.7 Å². The molecule has 1 rings (SSSR count). The van der Waals surface area contributed by atoms with Gasteiger partial charge in [0.25, 0.3) is 0 Å². The van der Waals surface area contributed by atoms with Crippen LogP contribution >= 0.6 is 11.6 Å². The van der Waals surface area contributed by atoms with Gasteiger partial charge in [0.05, 0.1) is 0 Å². The fraction of sp³-hybridized carbons (Fsp3) is 0.909. The Morgan fingerprint density at radius 3 is 2.50 bits per heavy atom. The summed E-state index contributed by atoms with van der Waals surface area (Å²) in [6.07, 6.45) is 4.91. The van der Waals surface area contributed by atoms with Gasteiger partial charge in [-0.3, -0.25) is 4.79 Å². The van der Waals surface area contributed by atoms with Gasteiger partial charge in [-0.2, -0.15) is 0 Å². The Bertz CT molecular complexity index is 205. The molecule has 0 aliphatic heterocycles. The molecule has 0 radical (unpaired) electrons. The predicted molar refractivity (Wildman–Crippen MR) is 59.5 cm³/mol. The molecule has 14 heavy (non-hydrogen) atoms. The molecule has 82 valence electrons. The minimum Gasteiger partial charge on any atom is -0.341 e. The lowest BCUT2D eigenvalue weighted by Gasteiger charge is -2.36. The van der Waals surface area contributed by atoms with Crippen molar-refractivity contribution in [2.75, 3.05) is 7.05 Å². The van der Waals surface area contributed by atoms with Crippen molar-refractivity contribution in [2.45, 2.75) is 50.9 Å². The molecule has 1 aliphatic rings. The first-order valence-electron chi connectivity index (χ1n) is 5.44. The van der Waals surface area contributed by atoms with Crippen LogP contribution in [0.4, 0.5) is 0 Å². The number of nitrogens with zero attached hydrogens (tertiary/aromatic N) is 1. The summed E-state index contributed by atoms with van der Waals surface area (Å²) < 4.78 is 0. The average Bonchev–Trinajstić information content (AvgIpc) is 2.16. The van der Waals surface area contributed by atoms with Crippen LogP contribution in [-0.2, 0) is 4.79 Å². The molecule has 3 unspecified atom stereocenters. The van der Waals surface area contributed by atoms with Crippen LogP contribution < -0.4 is 0 Å². The smallest absolute Gasteiger partial charge is 0.240 e. The number of alkyl halides is 1. The summed E-state index contributed by atoms with van der Waals surface area (Å²) in [5.41, 5.74) is 0. The van der Waals surface area contributed by atoms with E-state index in [0.717, 1.165) is 6.42 Å². The van der Waals surface area contributed by atoms with Gasteiger partial charge in [-0.25, -0.2) is 0 Å². The lowest BCUT2D eigenvalue weighted by molar-refractivity contribution is -0.132. The molecular formula is C11H20ClNO. The van der Waals surface area contributed by atoms with Gasteiger partial charge in [0, 0.05) is 13.1 Å². The maximum atomic E-state index is 11.7. The van der Waals surface area contributed by atoms with Crippen molar-refractivity contribution in [2.24, 2.45) is 5.92 Å². The zero-order valence-electron chi connectivity index (χ0n) is 9.29. The van der Waals surface area contributed by atoms with Crippen molar-refractivity contribution in [1.82, 2.24) is 4.90 Å². The summed E-state index contributed by atoms with van der Waals surface area (Å²) in [7, 11) is 1.88. The number of hydrogen-bond acceptors (Lipinski definition) is 1. The van der Waals surface area contributed by atoms with E-state index >= 15 is 0 Å². The fourth-order valence-electron chi connectivity index (χ4n) is 2.32.